The number of methoxy groups -OCH3 is 1. The van der Waals surface area contributed by atoms with Gasteiger partial charge in [-0.05, 0) is 30.9 Å². The number of nitrogens with one attached hydrogen (secondary N) is 2. The molecule has 0 aromatic heterocycles. The maximum absolute atomic E-state index is 11.0. The Balaban J connectivity index is 0.00000529. The third-order valence-corrected chi connectivity index (χ3v) is 3.81. The average molecular weight is 468 g/mol. The van der Waals surface area contributed by atoms with Crippen LogP contribution in [0.15, 0.2) is 29.3 Å². The van der Waals surface area contributed by atoms with E-state index in [0.29, 0.717) is 6.42 Å². The molecular weight excluding hydrogens is 441 g/mol. The third-order valence-electron chi connectivity index (χ3n) is 3.45. The van der Waals surface area contributed by atoms with Crippen molar-refractivity contribution in [3.63, 3.8) is 0 Å². The molecule has 0 radical (unpaired) electrons. The highest BCUT2D eigenvalue weighted by molar-refractivity contribution is 14.0. The van der Waals surface area contributed by atoms with Crippen molar-refractivity contribution in [1.29, 1.82) is 0 Å². The van der Waals surface area contributed by atoms with Gasteiger partial charge in [0, 0.05) is 31.6 Å². The minimum Gasteiger partial charge on any atom is -0.469 e. The number of guanidine groups is 1. The number of rotatable bonds is 9. The molecule has 0 saturated heterocycles. The molecule has 7 heteroatoms. The van der Waals surface area contributed by atoms with E-state index >= 15 is 0 Å². The number of halogens is 2. The standard InChI is InChI=1S/C17H26ClN3O2.HI/c1-19-17(20-12-7-3-4-10-16(22)23-2)21-13-11-14-8-5-6-9-15(14)18;/h5-6,8-9H,3-4,7,10-13H2,1-2H3,(H2,19,20,21);1H. The Labute approximate surface area is 166 Å². The molecule has 0 bridgehead atoms. The van der Waals surface area contributed by atoms with Crippen molar-refractivity contribution in [1.82, 2.24) is 10.6 Å². The van der Waals surface area contributed by atoms with Gasteiger partial charge in [-0.1, -0.05) is 36.2 Å². The molecule has 1 aromatic carbocycles. The molecular formula is C17H27ClIN3O2. The zero-order chi connectivity index (χ0) is 16.9. The van der Waals surface area contributed by atoms with Crippen molar-refractivity contribution >= 4 is 47.5 Å². The summed E-state index contributed by atoms with van der Waals surface area (Å²) in [5.41, 5.74) is 1.12. The van der Waals surface area contributed by atoms with E-state index in [0.717, 1.165) is 55.3 Å². The summed E-state index contributed by atoms with van der Waals surface area (Å²) in [7, 11) is 3.17. The Morgan fingerprint density at radius 1 is 1.17 bits per heavy atom. The lowest BCUT2D eigenvalue weighted by molar-refractivity contribution is -0.140. The molecule has 5 nitrogen and oxygen atoms in total. The Hall–Kier alpha value is -1.02. The monoisotopic (exact) mass is 467 g/mol. The van der Waals surface area contributed by atoms with Crippen LogP contribution in [0.25, 0.3) is 0 Å². The predicted molar refractivity (Wildman–Crippen MR) is 110 cm³/mol. The van der Waals surface area contributed by atoms with Crippen LogP contribution in [0.1, 0.15) is 31.2 Å². The summed E-state index contributed by atoms with van der Waals surface area (Å²) in [6.07, 6.45) is 4.16. The molecule has 0 atom stereocenters. The van der Waals surface area contributed by atoms with Crippen molar-refractivity contribution in [3.8, 4) is 0 Å². The molecule has 136 valence electrons. The lowest BCUT2D eigenvalue weighted by Crippen LogP contribution is -2.38. The van der Waals surface area contributed by atoms with E-state index < -0.39 is 0 Å². The zero-order valence-electron chi connectivity index (χ0n) is 14.3. The quantitative estimate of drug-likeness (QED) is 0.192. The van der Waals surface area contributed by atoms with Gasteiger partial charge in [0.2, 0.25) is 0 Å². The smallest absolute Gasteiger partial charge is 0.305 e. The molecule has 1 rings (SSSR count). The molecule has 0 unspecified atom stereocenters. The first-order chi connectivity index (χ1) is 11.2. The van der Waals surface area contributed by atoms with Crippen LogP contribution in [0, 0.1) is 0 Å². The fraction of sp³-hybridized carbons (Fsp3) is 0.529. The highest BCUT2D eigenvalue weighted by Gasteiger charge is 2.02. The summed E-state index contributed by atoms with van der Waals surface area (Å²) in [6.45, 7) is 1.60. The van der Waals surface area contributed by atoms with Crippen molar-refractivity contribution in [2.45, 2.75) is 32.1 Å². The average Bonchev–Trinajstić information content (AvgIpc) is 2.57. The van der Waals surface area contributed by atoms with Crippen LogP contribution in [-0.4, -0.2) is 39.2 Å². The van der Waals surface area contributed by atoms with Gasteiger partial charge in [-0.25, -0.2) is 0 Å². The van der Waals surface area contributed by atoms with E-state index in [9.17, 15) is 4.79 Å². The minimum atomic E-state index is -0.144. The SMILES string of the molecule is CN=C(NCCCCCC(=O)OC)NCCc1ccccc1Cl.I. The number of carbonyl (C=O) groups is 1. The maximum atomic E-state index is 11.0. The van der Waals surface area contributed by atoms with Gasteiger partial charge in [0.05, 0.1) is 7.11 Å². The van der Waals surface area contributed by atoms with Crippen LogP contribution in [-0.2, 0) is 16.0 Å². The third kappa shape index (κ3) is 9.97. The molecule has 0 spiro atoms. The zero-order valence-corrected chi connectivity index (χ0v) is 17.4. The van der Waals surface area contributed by atoms with E-state index in [-0.39, 0.29) is 29.9 Å². The van der Waals surface area contributed by atoms with Crippen LogP contribution in [0.3, 0.4) is 0 Å². The molecule has 0 heterocycles. The van der Waals surface area contributed by atoms with Gasteiger partial charge >= 0.3 is 5.97 Å². The predicted octanol–water partition coefficient (Wildman–Crippen LogP) is 3.40. The number of carbonyl (C=O) groups excluding carboxylic acids is 1. The summed E-state index contributed by atoms with van der Waals surface area (Å²) in [5, 5.41) is 7.33. The topological polar surface area (TPSA) is 62.7 Å². The molecule has 1 aromatic rings. The molecule has 0 fully saturated rings. The first kappa shape index (κ1) is 23.0. The van der Waals surface area contributed by atoms with Gasteiger partial charge < -0.3 is 15.4 Å². The Bertz CT molecular complexity index is 512. The van der Waals surface area contributed by atoms with Gasteiger partial charge in [-0.15, -0.1) is 24.0 Å². The Morgan fingerprint density at radius 2 is 1.88 bits per heavy atom. The summed E-state index contributed by atoms with van der Waals surface area (Å²) in [5.74, 6) is 0.639. The van der Waals surface area contributed by atoms with Crippen molar-refractivity contribution < 1.29 is 9.53 Å². The number of benzene rings is 1. The number of esters is 1. The second-order valence-electron chi connectivity index (χ2n) is 5.15. The molecule has 0 saturated carbocycles. The van der Waals surface area contributed by atoms with Crippen LogP contribution < -0.4 is 10.6 Å². The number of unbranched alkanes of at least 4 members (excludes halogenated alkanes) is 2. The van der Waals surface area contributed by atoms with Crippen LogP contribution in [0.5, 0.6) is 0 Å². The van der Waals surface area contributed by atoms with Crippen LogP contribution in [0.2, 0.25) is 5.02 Å². The van der Waals surface area contributed by atoms with Crippen molar-refractivity contribution in [3.05, 3.63) is 34.9 Å². The van der Waals surface area contributed by atoms with Gasteiger partial charge in [0.1, 0.15) is 0 Å². The summed E-state index contributed by atoms with van der Waals surface area (Å²) < 4.78 is 4.61. The van der Waals surface area contributed by atoms with Crippen molar-refractivity contribution in [2.75, 3.05) is 27.2 Å². The molecule has 0 amide bonds. The van der Waals surface area contributed by atoms with Gasteiger partial charge in [0.15, 0.2) is 5.96 Å². The van der Waals surface area contributed by atoms with Gasteiger partial charge in [-0.3, -0.25) is 9.79 Å². The number of hydrogen-bond donors (Lipinski definition) is 2. The first-order valence-electron chi connectivity index (χ1n) is 7.92. The lowest BCUT2D eigenvalue weighted by atomic mass is 10.1. The number of hydrogen-bond acceptors (Lipinski definition) is 3. The fourth-order valence-electron chi connectivity index (χ4n) is 2.12. The first-order valence-corrected chi connectivity index (χ1v) is 8.30. The minimum absolute atomic E-state index is 0. The van der Waals surface area contributed by atoms with E-state index in [1.54, 1.807) is 7.05 Å². The molecule has 0 aliphatic rings. The lowest BCUT2D eigenvalue weighted by Gasteiger charge is -2.12. The van der Waals surface area contributed by atoms with Crippen LogP contribution in [0.4, 0.5) is 0 Å². The largest absolute Gasteiger partial charge is 0.469 e. The number of nitrogens with zero attached hydrogens (tertiary/aromatic N) is 1. The molecule has 2 N–H and O–H groups in total. The normalized spacial score (nSPS) is 10.7. The Morgan fingerprint density at radius 3 is 2.54 bits per heavy atom. The van der Waals surface area contributed by atoms with Crippen LogP contribution >= 0.6 is 35.6 Å². The second kappa shape index (κ2) is 14.3. The Kier molecular flexibility index (Phi) is 13.7. The highest BCUT2D eigenvalue weighted by Crippen LogP contribution is 2.14. The highest BCUT2D eigenvalue weighted by atomic mass is 127. The molecule has 0 aliphatic heterocycles. The van der Waals surface area contributed by atoms with E-state index in [4.69, 9.17) is 11.6 Å². The fourth-order valence-corrected chi connectivity index (χ4v) is 2.35. The van der Waals surface area contributed by atoms with E-state index in [1.165, 1.54) is 7.11 Å². The van der Waals surface area contributed by atoms with E-state index in [1.807, 2.05) is 24.3 Å². The summed E-state index contributed by atoms with van der Waals surface area (Å²) in [4.78, 5) is 15.2. The van der Waals surface area contributed by atoms with E-state index in [2.05, 4.69) is 20.4 Å². The van der Waals surface area contributed by atoms with Gasteiger partial charge in [-0.2, -0.15) is 0 Å². The van der Waals surface area contributed by atoms with Crippen molar-refractivity contribution in [2.24, 2.45) is 4.99 Å². The number of ether oxygens (including phenoxy) is 1. The summed E-state index contributed by atoms with van der Waals surface area (Å²) >= 11 is 6.13. The maximum Gasteiger partial charge on any atom is 0.305 e. The molecule has 24 heavy (non-hydrogen) atoms. The second-order valence-corrected chi connectivity index (χ2v) is 5.56. The summed E-state index contributed by atoms with van der Waals surface area (Å²) in [6, 6.07) is 7.85. The number of aliphatic imine (C=N–C) groups is 1. The van der Waals surface area contributed by atoms with Gasteiger partial charge in [0.25, 0.3) is 0 Å². The molecule has 0 aliphatic carbocycles.